The molecule has 0 bridgehead atoms. The highest BCUT2D eigenvalue weighted by Gasteiger charge is 2.35. The van der Waals surface area contributed by atoms with Gasteiger partial charge in [-0.3, -0.25) is 9.59 Å². The molecule has 174 valence electrons. The second-order valence-corrected chi connectivity index (χ2v) is 8.53. The topological polar surface area (TPSA) is 67.7 Å². The molecule has 4 rings (SSSR count). The van der Waals surface area contributed by atoms with Crippen molar-refractivity contribution in [3.8, 4) is 5.75 Å². The number of ether oxygens (including phenoxy) is 1. The van der Waals surface area contributed by atoms with Gasteiger partial charge in [0.25, 0.3) is 0 Å². The van der Waals surface area contributed by atoms with Crippen LogP contribution >= 0.6 is 0 Å². The summed E-state index contributed by atoms with van der Waals surface area (Å²) in [5, 5.41) is 0. The van der Waals surface area contributed by atoms with Gasteiger partial charge in [0.15, 0.2) is 0 Å². The number of benzene rings is 2. The molecule has 0 N–H and O–H groups in total. The highest BCUT2D eigenvalue weighted by atomic mass is 16.5. The lowest BCUT2D eigenvalue weighted by molar-refractivity contribution is -0.131. The van der Waals surface area contributed by atoms with Crippen molar-refractivity contribution < 1.29 is 14.3 Å². The van der Waals surface area contributed by atoms with Gasteiger partial charge in [-0.25, -0.2) is 4.98 Å². The number of aromatic nitrogens is 2. The van der Waals surface area contributed by atoms with Crippen molar-refractivity contribution in [2.75, 3.05) is 31.6 Å². The van der Waals surface area contributed by atoms with Crippen LogP contribution in [0, 0.1) is 0 Å². The van der Waals surface area contributed by atoms with Crippen LogP contribution in [0.1, 0.15) is 44.9 Å². The number of nitrogens with zero attached hydrogens (tertiary/aromatic N) is 4. The van der Waals surface area contributed by atoms with Gasteiger partial charge in [-0.05, 0) is 49.2 Å². The lowest BCUT2D eigenvalue weighted by Crippen LogP contribution is -2.35. The first-order valence-corrected chi connectivity index (χ1v) is 11.7. The summed E-state index contributed by atoms with van der Waals surface area (Å²) in [6, 6.07) is 15.4. The first-order valence-electron chi connectivity index (χ1n) is 11.7. The summed E-state index contributed by atoms with van der Waals surface area (Å²) in [6.07, 6.45) is 2.23. The fourth-order valence-electron chi connectivity index (χ4n) is 4.60. The van der Waals surface area contributed by atoms with Gasteiger partial charge in [0.05, 0.1) is 18.1 Å². The molecule has 2 heterocycles. The maximum atomic E-state index is 13.2. The Labute approximate surface area is 195 Å². The lowest BCUT2D eigenvalue weighted by atomic mass is 10.1. The molecule has 3 aromatic rings. The molecule has 7 heteroatoms. The molecule has 1 atom stereocenters. The van der Waals surface area contributed by atoms with Gasteiger partial charge < -0.3 is 19.1 Å². The number of carbonyl (C=O) groups excluding carboxylic acids is 2. The van der Waals surface area contributed by atoms with Crippen LogP contribution in [0.5, 0.6) is 5.75 Å². The molecule has 1 saturated heterocycles. The summed E-state index contributed by atoms with van der Waals surface area (Å²) in [7, 11) is 1.62. The van der Waals surface area contributed by atoms with E-state index >= 15 is 0 Å². The monoisotopic (exact) mass is 448 g/mol. The summed E-state index contributed by atoms with van der Waals surface area (Å²) in [5.41, 5.74) is 2.64. The van der Waals surface area contributed by atoms with Crippen molar-refractivity contribution in [2.24, 2.45) is 0 Å². The number of para-hydroxylation sites is 2. The maximum Gasteiger partial charge on any atom is 0.242 e. The van der Waals surface area contributed by atoms with Crippen molar-refractivity contribution in [2.45, 2.75) is 45.6 Å². The first kappa shape index (κ1) is 22.8. The second-order valence-electron chi connectivity index (χ2n) is 8.53. The van der Waals surface area contributed by atoms with E-state index in [2.05, 4.69) is 13.8 Å². The number of rotatable bonds is 9. The van der Waals surface area contributed by atoms with Crippen molar-refractivity contribution in [1.82, 2.24) is 14.5 Å². The van der Waals surface area contributed by atoms with Crippen molar-refractivity contribution in [1.29, 1.82) is 0 Å². The van der Waals surface area contributed by atoms with Crippen LogP contribution in [0.4, 0.5) is 5.69 Å². The number of fused-ring (bicyclic) bond motifs is 1. The predicted molar refractivity (Wildman–Crippen MR) is 130 cm³/mol. The Morgan fingerprint density at radius 3 is 2.45 bits per heavy atom. The van der Waals surface area contributed by atoms with Gasteiger partial charge in [0.2, 0.25) is 11.8 Å². The van der Waals surface area contributed by atoms with E-state index in [1.54, 1.807) is 12.0 Å². The van der Waals surface area contributed by atoms with E-state index < -0.39 is 0 Å². The third-order valence-corrected chi connectivity index (χ3v) is 6.19. The number of hydrogen-bond donors (Lipinski definition) is 0. The molecule has 33 heavy (non-hydrogen) atoms. The Bertz CT molecular complexity index is 1120. The van der Waals surface area contributed by atoms with E-state index in [1.807, 2.05) is 58.0 Å². The number of imidazole rings is 1. The minimum absolute atomic E-state index is 0.0636. The average molecular weight is 449 g/mol. The zero-order valence-corrected chi connectivity index (χ0v) is 19.7. The molecule has 1 aliphatic heterocycles. The normalized spacial score (nSPS) is 15.9. The smallest absolute Gasteiger partial charge is 0.242 e. The largest absolute Gasteiger partial charge is 0.497 e. The fraction of sp³-hybridized carbons (Fsp3) is 0.423. The standard InChI is InChI=1S/C26H32N4O3/c1-4-14-28(15-5-2)25(32)18-30-23-9-7-6-8-22(23)27-26(30)19-16-24(31)29(17-19)20-10-12-21(33-3)13-11-20/h6-13,19H,4-5,14-18H2,1-3H3/t19-/m1/s1. The van der Waals surface area contributed by atoms with Crippen molar-refractivity contribution >= 4 is 28.5 Å². The van der Waals surface area contributed by atoms with E-state index in [0.717, 1.165) is 54.2 Å². The third-order valence-electron chi connectivity index (χ3n) is 6.19. The van der Waals surface area contributed by atoms with Gasteiger partial charge in [0, 0.05) is 37.7 Å². The molecule has 0 aliphatic carbocycles. The Balaban J connectivity index is 1.63. The Morgan fingerprint density at radius 1 is 1.09 bits per heavy atom. The van der Waals surface area contributed by atoms with Gasteiger partial charge in [-0.2, -0.15) is 0 Å². The van der Waals surface area contributed by atoms with Crippen LogP contribution in [0.25, 0.3) is 11.0 Å². The maximum absolute atomic E-state index is 13.2. The molecule has 1 aliphatic rings. The molecule has 1 aromatic heterocycles. The summed E-state index contributed by atoms with van der Waals surface area (Å²) >= 11 is 0. The van der Waals surface area contributed by atoms with Crippen LogP contribution in [0.15, 0.2) is 48.5 Å². The minimum Gasteiger partial charge on any atom is -0.497 e. The van der Waals surface area contributed by atoms with Gasteiger partial charge >= 0.3 is 0 Å². The molecule has 2 amide bonds. The summed E-state index contributed by atoms with van der Waals surface area (Å²) in [6.45, 7) is 6.46. The average Bonchev–Trinajstić information content (AvgIpc) is 3.39. The van der Waals surface area contributed by atoms with E-state index in [0.29, 0.717) is 13.0 Å². The number of carbonyl (C=O) groups is 2. The molecule has 2 aromatic carbocycles. The molecule has 7 nitrogen and oxygen atoms in total. The summed E-state index contributed by atoms with van der Waals surface area (Å²) in [5.74, 6) is 1.64. The fourth-order valence-corrected chi connectivity index (χ4v) is 4.60. The molecular weight excluding hydrogens is 416 g/mol. The highest BCUT2D eigenvalue weighted by molar-refractivity contribution is 5.96. The zero-order valence-electron chi connectivity index (χ0n) is 19.7. The Hall–Kier alpha value is -3.35. The number of hydrogen-bond acceptors (Lipinski definition) is 4. The molecule has 1 fully saturated rings. The quantitative estimate of drug-likeness (QED) is 0.492. The van der Waals surface area contributed by atoms with Crippen LogP contribution < -0.4 is 9.64 Å². The van der Waals surface area contributed by atoms with Gasteiger partial charge in [0.1, 0.15) is 18.1 Å². The van der Waals surface area contributed by atoms with E-state index in [1.165, 1.54) is 0 Å². The Morgan fingerprint density at radius 2 is 1.79 bits per heavy atom. The van der Waals surface area contributed by atoms with E-state index in [4.69, 9.17) is 9.72 Å². The van der Waals surface area contributed by atoms with E-state index in [-0.39, 0.29) is 24.3 Å². The van der Waals surface area contributed by atoms with E-state index in [9.17, 15) is 9.59 Å². The van der Waals surface area contributed by atoms with Crippen LogP contribution in [0.3, 0.4) is 0 Å². The lowest BCUT2D eigenvalue weighted by Gasteiger charge is -2.23. The molecular formula is C26H32N4O3. The first-order chi connectivity index (χ1) is 16.0. The molecule has 0 saturated carbocycles. The third kappa shape index (κ3) is 4.72. The zero-order chi connectivity index (χ0) is 23.4. The number of methoxy groups -OCH3 is 1. The minimum atomic E-state index is -0.0781. The second kappa shape index (κ2) is 10.1. The molecule has 0 unspecified atom stereocenters. The van der Waals surface area contributed by atoms with Crippen molar-refractivity contribution in [3.63, 3.8) is 0 Å². The number of amides is 2. The Kier molecular flexibility index (Phi) is 6.96. The summed E-state index contributed by atoms with van der Waals surface area (Å²) in [4.78, 5) is 34.7. The highest BCUT2D eigenvalue weighted by Crippen LogP contribution is 2.33. The van der Waals surface area contributed by atoms with Crippen LogP contribution in [-0.2, 0) is 16.1 Å². The van der Waals surface area contributed by atoms with Crippen LogP contribution in [0.2, 0.25) is 0 Å². The molecule has 0 spiro atoms. The van der Waals surface area contributed by atoms with Crippen LogP contribution in [-0.4, -0.2) is 53.0 Å². The van der Waals surface area contributed by atoms with Gasteiger partial charge in [-0.1, -0.05) is 26.0 Å². The predicted octanol–water partition coefficient (Wildman–Crippen LogP) is 4.21. The number of anilines is 1. The van der Waals surface area contributed by atoms with Crippen molar-refractivity contribution in [3.05, 3.63) is 54.4 Å². The SMILES string of the molecule is CCCN(CCC)C(=O)Cn1c([C@@H]2CC(=O)N(c3ccc(OC)cc3)C2)nc2ccccc21. The van der Waals surface area contributed by atoms with Gasteiger partial charge in [-0.15, -0.1) is 0 Å². The summed E-state index contributed by atoms with van der Waals surface area (Å²) < 4.78 is 7.26. The molecule has 0 radical (unpaired) electrons.